The SMILES string of the molecule is NC1CC(=O)N([C@@H](Cc2cccc(O)c2)C(=O)O)C1. The van der Waals surface area contributed by atoms with Gasteiger partial charge in [-0.1, -0.05) is 12.1 Å². The van der Waals surface area contributed by atoms with Crippen LogP contribution < -0.4 is 5.73 Å². The summed E-state index contributed by atoms with van der Waals surface area (Å²) >= 11 is 0. The largest absolute Gasteiger partial charge is 0.508 e. The second-order valence-corrected chi connectivity index (χ2v) is 4.74. The van der Waals surface area contributed by atoms with Gasteiger partial charge in [-0.05, 0) is 17.7 Å². The Morgan fingerprint density at radius 1 is 1.53 bits per heavy atom. The van der Waals surface area contributed by atoms with E-state index in [4.69, 9.17) is 5.73 Å². The van der Waals surface area contributed by atoms with E-state index >= 15 is 0 Å². The van der Waals surface area contributed by atoms with Gasteiger partial charge in [-0.25, -0.2) is 4.79 Å². The van der Waals surface area contributed by atoms with E-state index in [1.54, 1.807) is 12.1 Å². The highest BCUT2D eigenvalue weighted by molar-refractivity contribution is 5.85. The monoisotopic (exact) mass is 264 g/mol. The van der Waals surface area contributed by atoms with Crippen LogP contribution in [-0.2, 0) is 16.0 Å². The Kier molecular flexibility index (Phi) is 3.71. The fraction of sp³-hybridized carbons (Fsp3) is 0.385. The van der Waals surface area contributed by atoms with Crippen molar-refractivity contribution in [3.8, 4) is 5.75 Å². The summed E-state index contributed by atoms with van der Waals surface area (Å²) in [5.74, 6) is -1.23. The van der Waals surface area contributed by atoms with Gasteiger partial charge in [0.15, 0.2) is 0 Å². The molecule has 0 radical (unpaired) electrons. The van der Waals surface area contributed by atoms with Gasteiger partial charge in [-0.15, -0.1) is 0 Å². The normalized spacial score (nSPS) is 20.6. The molecule has 102 valence electrons. The standard InChI is InChI=1S/C13H16N2O4/c14-9-6-12(17)15(7-9)11(13(18)19)5-8-2-1-3-10(16)4-8/h1-4,9,11,16H,5-7,14H2,(H,18,19)/t9?,11-/m0/s1. The summed E-state index contributed by atoms with van der Waals surface area (Å²) in [7, 11) is 0. The molecule has 2 rings (SSSR count). The Balaban J connectivity index is 2.17. The van der Waals surface area contributed by atoms with Crippen LogP contribution in [0.4, 0.5) is 0 Å². The van der Waals surface area contributed by atoms with Gasteiger partial charge in [-0.3, -0.25) is 4.79 Å². The number of phenolic OH excluding ortho intramolecular Hbond substituents is 1. The highest BCUT2D eigenvalue weighted by Crippen LogP contribution is 2.19. The number of hydrogen-bond acceptors (Lipinski definition) is 4. The van der Waals surface area contributed by atoms with Gasteiger partial charge >= 0.3 is 5.97 Å². The lowest BCUT2D eigenvalue weighted by Crippen LogP contribution is -2.44. The summed E-state index contributed by atoms with van der Waals surface area (Å²) < 4.78 is 0. The van der Waals surface area contributed by atoms with E-state index in [1.807, 2.05) is 0 Å². The van der Waals surface area contributed by atoms with Crippen LogP contribution in [0.15, 0.2) is 24.3 Å². The maximum Gasteiger partial charge on any atom is 0.326 e. The molecule has 0 aromatic heterocycles. The number of aliphatic carboxylic acids is 1. The van der Waals surface area contributed by atoms with Crippen molar-refractivity contribution in [2.24, 2.45) is 5.73 Å². The molecule has 0 aliphatic carbocycles. The van der Waals surface area contributed by atoms with E-state index in [0.29, 0.717) is 5.56 Å². The van der Waals surface area contributed by atoms with Crippen molar-refractivity contribution in [3.05, 3.63) is 29.8 Å². The van der Waals surface area contributed by atoms with E-state index < -0.39 is 12.0 Å². The first-order valence-corrected chi connectivity index (χ1v) is 6.03. The molecule has 1 saturated heterocycles. The van der Waals surface area contributed by atoms with E-state index in [9.17, 15) is 19.8 Å². The number of nitrogens with two attached hydrogens (primary N) is 1. The Hall–Kier alpha value is -2.08. The summed E-state index contributed by atoms with van der Waals surface area (Å²) in [6.07, 6.45) is 0.339. The molecule has 6 nitrogen and oxygen atoms in total. The number of carboxylic acids is 1. The number of carboxylic acid groups (broad SMARTS) is 1. The van der Waals surface area contributed by atoms with Crippen LogP contribution in [0, 0.1) is 0 Å². The van der Waals surface area contributed by atoms with Crippen LogP contribution in [0.5, 0.6) is 5.75 Å². The number of rotatable bonds is 4. The molecule has 1 amide bonds. The highest BCUT2D eigenvalue weighted by atomic mass is 16.4. The Labute approximate surface area is 110 Å². The second kappa shape index (κ2) is 5.27. The number of carbonyl (C=O) groups excluding carboxylic acids is 1. The lowest BCUT2D eigenvalue weighted by atomic mass is 10.0. The van der Waals surface area contributed by atoms with Crippen molar-refractivity contribution in [3.63, 3.8) is 0 Å². The summed E-state index contributed by atoms with van der Waals surface area (Å²) in [5, 5.41) is 18.6. The van der Waals surface area contributed by atoms with E-state index in [2.05, 4.69) is 0 Å². The van der Waals surface area contributed by atoms with Crippen molar-refractivity contribution < 1.29 is 19.8 Å². The third-order valence-corrected chi connectivity index (χ3v) is 3.19. The van der Waals surface area contributed by atoms with Crippen LogP contribution in [0.25, 0.3) is 0 Å². The fourth-order valence-electron chi connectivity index (χ4n) is 2.30. The minimum absolute atomic E-state index is 0.0751. The van der Waals surface area contributed by atoms with Crippen molar-refractivity contribution in [1.82, 2.24) is 4.90 Å². The third kappa shape index (κ3) is 3.03. The molecule has 1 heterocycles. The molecule has 0 bridgehead atoms. The van der Waals surface area contributed by atoms with Crippen molar-refractivity contribution in [2.75, 3.05) is 6.54 Å². The van der Waals surface area contributed by atoms with Gasteiger partial charge in [0.25, 0.3) is 0 Å². The zero-order valence-electron chi connectivity index (χ0n) is 10.3. The van der Waals surface area contributed by atoms with Crippen LogP contribution in [0.3, 0.4) is 0 Å². The lowest BCUT2D eigenvalue weighted by molar-refractivity contribution is -0.148. The van der Waals surface area contributed by atoms with Crippen molar-refractivity contribution in [1.29, 1.82) is 0 Å². The number of benzene rings is 1. The minimum atomic E-state index is -1.06. The number of hydrogen-bond donors (Lipinski definition) is 3. The molecule has 0 saturated carbocycles. The average Bonchev–Trinajstić information content (AvgIpc) is 2.65. The number of aromatic hydroxyl groups is 1. The number of carbonyl (C=O) groups is 2. The zero-order valence-corrected chi connectivity index (χ0v) is 10.3. The lowest BCUT2D eigenvalue weighted by Gasteiger charge is -2.24. The Morgan fingerprint density at radius 2 is 2.26 bits per heavy atom. The third-order valence-electron chi connectivity index (χ3n) is 3.19. The predicted octanol–water partition coefficient (Wildman–Crippen LogP) is -0.0525. The van der Waals surface area contributed by atoms with E-state index in [1.165, 1.54) is 17.0 Å². The molecule has 6 heteroatoms. The quantitative estimate of drug-likeness (QED) is 0.707. The molecular weight excluding hydrogens is 248 g/mol. The number of phenols is 1. The first-order chi connectivity index (χ1) is 8.97. The second-order valence-electron chi connectivity index (χ2n) is 4.74. The summed E-state index contributed by atoms with van der Waals surface area (Å²) in [6, 6.07) is 5.12. The predicted molar refractivity (Wildman–Crippen MR) is 67.5 cm³/mol. The molecule has 1 fully saturated rings. The number of likely N-dealkylation sites (tertiary alicyclic amines) is 1. The minimum Gasteiger partial charge on any atom is -0.508 e. The summed E-state index contributed by atoms with van der Waals surface area (Å²) in [6.45, 7) is 0.259. The van der Waals surface area contributed by atoms with Gasteiger partial charge < -0.3 is 20.8 Å². The maximum atomic E-state index is 11.7. The van der Waals surface area contributed by atoms with E-state index in [0.717, 1.165) is 0 Å². The van der Waals surface area contributed by atoms with Gasteiger partial charge in [0.1, 0.15) is 11.8 Å². The Morgan fingerprint density at radius 3 is 2.79 bits per heavy atom. The zero-order chi connectivity index (χ0) is 14.0. The number of amides is 1. The van der Waals surface area contributed by atoms with Gasteiger partial charge in [0.05, 0.1) is 0 Å². The molecular formula is C13H16N2O4. The molecule has 1 aliphatic heterocycles. The van der Waals surface area contributed by atoms with Gasteiger partial charge in [-0.2, -0.15) is 0 Å². The Bertz CT molecular complexity index is 503. The van der Waals surface area contributed by atoms with Gasteiger partial charge in [0, 0.05) is 25.4 Å². The first kappa shape index (κ1) is 13.4. The van der Waals surface area contributed by atoms with Crippen LogP contribution in [0.2, 0.25) is 0 Å². The van der Waals surface area contributed by atoms with E-state index in [-0.39, 0.29) is 37.1 Å². The summed E-state index contributed by atoms with van der Waals surface area (Å²) in [5.41, 5.74) is 6.34. The molecule has 4 N–H and O–H groups in total. The number of nitrogens with zero attached hydrogens (tertiary/aromatic N) is 1. The molecule has 0 spiro atoms. The molecule has 1 aliphatic rings. The fourth-order valence-corrected chi connectivity index (χ4v) is 2.30. The molecule has 1 aromatic carbocycles. The van der Waals surface area contributed by atoms with Gasteiger partial charge in [0.2, 0.25) is 5.91 Å². The maximum absolute atomic E-state index is 11.7. The highest BCUT2D eigenvalue weighted by Gasteiger charge is 2.36. The average molecular weight is 264 g/mol. The topological polar surface area (TPSA) is 104 Å². The molecule has 1 unspecified atom stereocenters. The molecule has 2 atom stereocenters. The molecule has 1 aromatic rings. The molecule has 19 heavy (non-hydrogen) atoms. The van der Waals surface area contributed by atoms with Crippen molar-refractivity contribution in [2.45, 2.75) is 24.9 Å². The van der Waals surface area contributed by atoms with Crippen molar-refractivity contribution >= 4 is 11.9 Å². The van der Waals surface area contributed by atoms with Crippen LogP contribution in [-0.4, -0.2) is 45.6 Å². The van der Waals surface area contributed by atoms with Crippen LogP contribution in [0.1, 0.15) is 12.0 Å². The smallest absolute Gasteiger partial charge is 0.326 e. The first-order valence-electron chi connectivity index (χ1n) is 6.03. The van der Waals surface area contributed by atoms with Crippen LogP contribution >= 0.6 is 0 Å². The summed E-state index contributed by atoms with van der Waals surface area (Å²) in [4.78, 5) is 24.4.